The summed E-state index contributed by atoms with van der Waals surface area (Å²) < 4.78 is 7.19. The second-order valence-electron chi connectivity index (χ2n) is 4.66. The zero-order valence-electron chi connectivity index (χ0n) is 11.4. The maximum atomic E-state index is 6.21. The van der Waals surface area contributed by atoms with Crippen LogP contribution < -0.4 is 10.5 Å². The van der Waals surface area contributed by atoms with E-state index in [0.29, 0.717) is 0 Å². The number of hydrogen-bond donors (Lipinski definition) is 1. The highest BCUT2D eigenvalue weighted by molar-refractivity contribution is 9.11. The molecule has 0 radical (unpaired) electrons. The monoisotopic (exact) mass is 373 g/mol. The largest absolute Gasteiger partial charge is 0.483 e. The molecule has 2 aromatic rings. The first-order chi connectivity index (χ1) is 9.51. The summed E-state index contributed by atoms with van der Waals surface area (Å²) in [6, 6.07) is 9.71. The van der Waals surface area contributed by atoms with E-state index in [0.717, 1.165) is 31.4 Å². The lowest BCUT2D eigenvalue weighted by Gasteiger charge is -2.23. The summed E-state index contributed by atoms with van der Waals surface area (Å²) in [7, 11) is 0. The molecule has 20 heavy (non-hydrogen) atoms. The van der Waals surface area contributed by atoms with Gasteiger partial charge in [0.15, 0.2) is 0 Å². The lowest BCUT2D eigenvalue weighted by molar-refractivity contribution is 0.174. The quantitative estimate of drug-likeness (QED) is 0.767. The number of nitrogens with two attached hydrogens (primary N) is 1. The smallest absolute Gasteiger partial charge is 0.148 e. The highest BCUT2D eigenvalue weighted by Gasteiger charge is 2.22. The zero-order chi connectivity index (χ0) is 14.7. The Balaban J connectivity index is 2.25. The summed E-state index contributed by atoms with van der Waals surface area (Å²) in [4.78, 5) is 1.12. The SMILES string of the molecule is CCC(N)C(Oc1ccc(Cl)c(C)c1)c1ccc(Br)s1. The van der Waals surface area contributed by atoms with Crippen LogP contribution in [0.3, 0.4) is 0 Å². The van der Waals surface area contributed by atoms with Gasteiger partial charge in [-0.2, -0.15) is 0 Å². The summed E-state index contributed by atoms with van der Waals surface area (Å²) in [5, 5.41) is 0.743. The van der Waals surface area contributed by atoms with Gasteiger partial charge in [-0.05, 0) is 65.2 Å². The van der Waals surface area contributed by atoms with Crippen molar-refractivity contribution in [1.29, 1.82) is 0 Å². The van der Waals surface area contributed by atoms with Gasteiger partial charge in [-0.25, -0.2) is 0 Å². The minimum Gasteiger partial charge on any atom is -0.483 e. The highest BCUT2D eigenvalue weighted by atomic mass is 79.9. The van der Waals surface area contributed by atoms with E-state index in [4.69, 9.17) is 22.1 Å². The van der Waals surface area contributed by atoms with Gasteiger partial charge in [-0.3, -0.25) is 0 Å². The third-order valence-corrected chi connectivity index (χ3v) is 5.24. The van der Waals surface area contributed by atoms with Gasteiger partial charge in [-0.15, -0.1) is 11.3 Å². The molecule has 0 aliphatic heterocycles. The van der Waals surface area contributed by atoms with Crippen molar-refractivity contribution >= 4 is 38.9 Å². The molecule has 0 bridgehead atoms. The molecule has 0 aliphatic carbocycles. The van der Waals surface area contributed by atoms with Crippen molar-refractivity contribution in [3.05, 3.63) is 49.6 Å². The fourth-order valence-electron chi connectivity index (χ4n) is 1.89. The van der Waals surface area contributed by atoms with Crippen LogP contribution in [-0.2, 0) is 0 Å². The number of thiophene rings is 1. The Morgan fingerprint density at radius 1 is 1.35 bits per heavy atom. The zero-order valence-corrected chi connectivity index (χ0v) is 14.6. The minimum absolute atomic E-state index is 0.0449. The Bertz CT molecular complexity index is 587. The van der Waals surface area contributed by atoms with E-state index >= 15 is 0 Å². The van der Waals surface area contributed by atoms with Gasteiger partial charge in [0.2, 0.25) is 0 Å². The molecule has 1 aromatic heterocycles. The summed E-state index contributed by atoms with van der Waals surface area (Å²) >= 11 is 11.2. The average Bonchev–Trinajstić information content (AvgIpc) is 2.85. The number of rotatable bonds is 5. The van der Waals surface area contributed by atoms with Crippen LogP contribution in [0.2, 0.25) is 5.02 Å². The van der Waals surface area contributed by atoms with E-state index in [-0.39, 0.29) is 12.1 Å². The summed E-state index contributed by atoms with van der Waals surface area (Å²) in [6.45, 7) is 4.03. The summed E-state index contributed by atoms with van der Waals surface area (Å²) in [5.74, 6) is 0.797. The van der Waals surface area contributed by atoms with E-state index < -0.39 is 0 Å². The predicted octanol–water partition coefficient (Wildman–Crippen LogP) is 5.33. The molecule has 0 fully saturated rings. The van der Waals surface area contributed by atoms with Crippen molar-refractivity contribution in [1.82, 2.24) is 0 Å². The topological polar surface area (TPSA) is 35.2 Å². The molecule has 2 nitrogen and oxygen atoms in total. The van der Waals surface area contributed by atoms with Gasteiger partial charge in [0.25, 0.3) is 0 Å². The lowest BCUT2D eigenvalue weighted by atomic mass is 10.1. The van der Waals surface area contributed by atoms with Crippen LogP contribution in [0, 0.1) is 6.92 Å². The molecule has 1 heterocycles. The predicted molar refractivity (Wildman–Crippen MR) is 89.8 cm³/mol. The highest BCUT2D eigenvalue weighted by Crippen LogP contribution is 2.33. The standard InChI is InChI=1S/C15H17BrClNOS/c1-3-12(18)15(13-6-7-14(16)20-13)19-10-4-5-11(17)9(2)8-10/h4-8,12,15H,3,18H2,1-2H3. The maximum Gasteiger partial charge on any atom is 0.148 e. The maximum absolute atomic E-state index is 6.21. The van der Waals surface area contributed by atoms with Gasteiger partial charge < -0.3 is 10.5 Å². The third-order valence-electron chi connectivity index (χ3n) is 3.13. The molecule has 2 N–H and O–H groups in total. The minimum atomic E-state index is -0.142. The van der Waals surface area contributed by atoms with Crippen LogP contribution in [0.1, 0.15) is 29.9 Å². The van der Waals surface area contributed by atoms with Crippen molar-refractivity contribution in [3.8, 4) is 5.75 Å². The van der Waals surface area contributed by atoms with E-state index in [2.05, 4.69) is 28.9 Å². The van der Waals surface area contributed by atoms with E-state index in [1.165, 1.54) is 0 Å². The number of ether oxygens (including phenoxy) is 1. The van der Waals surface area contributed by atoms with Crippen molar-refractivity contribution in [2.24, 2.45) is 5.73 Å². The first-order valence-corrected chi connectivity index (χ1v) is 8.43. The fraction of sp³-hybridized carbons (Fsp3) is 0.333. The van der Waals surface area contributed by atoms with Crippen LogP contribution in [0.4, 0.5) is 0 Å². The van der Waals surface area contributed by atoms with Crippen molar-refractivity contribution in [3.63, 3.8) is 0 Å². The van der Waals surface area contributed by atoms with Gasteiger partial charge in [-0.1, -0.05) is 18.5 Å². The molecular formula is C15H17BrClNOS. The fourth-order valence-corrected chi connectivity index (χ4v) is 3.54. The Hall–Kier alpha value is -0.550. The molecule has 0 saturated heterocycles. The normalized spacial score (nSPS) is 14.1. The van der Waals surface area contributed by atoms with Crippen molar-refractivity contribution < 1.29 is 4.74 Å². The van der Waals surface area contributed by atoms with E-state index in [1.807, 2.05) is 31.2 Å². The molecule has 108 valence electrons. The van der Waals surface area contributed by atoms with Gasteiger partial charge in [0, 0.05) is 15.9 Å². The molecule has 1 aromatic carbocycles. The molecule has 0 spiro atoms. The summed E-state index contributed by atoms with van der Waals surface area (Å²) in [5.41, 5.74) is 7.21. The van der Waals surface area contributed by atoms with Gasteiger partial charge in [0.1, 0.15) is 11.9 Å². The Morgan fingerprint density at radius 2 is 2.10 bits per heavy atom. The summed E-state index contributed by atoms with van der Waals surface area (Å²) in [6.07, 6.45) is 0.712. The molecule has 0 aliphatic rings. The molecule has 2 atom stereocenters. The van der Waals surface area contributed by atoms with Crippen LogP contribution in [-0.4, -0.2) is 6.04 Å². The Labute approximate surface area is 137 Å². The van der Waals surface area contributed by atoms with Gasteiger partial charge >= 0.3 is 0 Å². The van der Waals surface area contributed by atoms with Crippen molar-refractivity contribution in [2.45, 2.75) is 32.4 Å². The van der Waals surface area contributed by atoms with Crippen LogP contribution >= 0.6 is 38.9 Å². The molecule has 5 heteroatoms. The molecule has 0 amide bonds. The first-order valence-electron chi connectivity index (χ1n) is 6.45. The Kier molecular flexibility index (Phi) is 5.49. The molecule has 0 saturated carbocycles. The number of hydrogen-bond acceptors (Lipinski definition) is 3. The van der Waals surface area contributed by atoms with Crippen molar-refractivity contribution in [2.75, 3.05) is 0 Å². The number of benzene rings is 1. The van der Waals surface area contributed by atoms with Gasteiger partial charge in [0.05, 0.1) is 3.79 Å². The first kappa shape index (κ1) is 15.8. The second-order valence-corrected chi connectivity index (χ2v) is 7.57. The van der Waals surface area contributed by atoms with Crippen LogP contribution in [0.25, 0.3) is 0 Å². The van der Waals surface area contributed by atoms with Crippen LogP contribution in [0.5, 0.6) is 5.75 Å². The number of halogens is 2. The Morgan fingerprint density at radius 3 is 2.65 bits per heavy atom. The second kappa shape index (κ2) is 6.94. The van der Waals surface area contributed by atoms with Crippen LogP contribution in [0.15, 0.2) is 34.1 Å². The van der Waals surface area contributed by atoms with E-state index in [1.54, 1.807) is 11.3 Å². The molecule has 2 rings (SSSR count). The lowest BCUT2D eigenvalue weighted by Crippen LogP contribution is -2.30. The molecular weight excluding hydrogens is 358 g/mol. The van der Waals surface area contributed by atoms with E-state index in [9.17, 15) is 0 Å². The average molecular weight is 375 g/mol. The molecule has 2 unspecified atom stereocenters. The third kappa shape index (κ3) is 3.76. The number of aryl methyl sites for hydroxylation is 1.